The quantitative estimate of drug-likeness (QED) is 0.544. The molecule has 0 aliphatic rings. The van der Waals surface area contributed by atoms with Gasteiger partial charge in [-0.15, -0.1) is 0 Å². The number of carbonyl (C=O) groups excluding carboxylic acids is 1. The Hall–Kier alpha value is -3.55. The lowest BCUT2D eigenvalue weighted by Gasteiger charge is -2.12. The van der Waals surface area contributed by atoms with Crippen molar-refractivity contribution < 1.29 is 29.3 Å². The first kappa shape index (κ1) is 17.8. The zero-order valence-corrected chi connectivity index (χ0v) is 13.5. The number of carboxylic acids is 1. The molecule has 0 saturated carbocycles. The van der Waals surface area contributed by atoms with Crippen LogP contribution in [0, 0.1) is 0 Å². The number of amides is 1. The van der Waals surface area contributed by atoms with Gasteiger partial charge in [0.15, 0.2) is 11.5 Å². The molecule has 0 fully saturated rings. The van der Waals surface area contributed by atoms with Gasteiger partial charge < -0.3 is 19.7 Å². The van der Waals surface area contributed by atoms with Crippen LogP contribution in [0.1, 0.15) is 26.3 Å². The maximum Gasteiger partial charge on any atom is 0.340 e. The van der Waals surface area contributed by atoms with E-state index in [1.807, 2.05) is 0 Å². The molecule has 0 spiro atoms. The number of hydrogen-bond donors (Lipinski definition) is 3. The number of phenolic OH excluding ortho intramolecular Hbond substituents is 1. The second kappa shape index (κ2) is 7.82. The first-order valence-corrected chi connectivity index (χ1v) is 7.09. The van der Waals surface area contributed by atoms with Crippen LogP contribution in [0.5, 0.6) is 17.2 Å². The highest BCUT2D eigenvalue weighted by Gasteiger charge is 2.20. The zero-order valence-electron chi connectivity index (χ0n) is 13.5. The SMILES string of the molecule is COc1ccc(/C=N/NC(=O)c2ccccc2O)c(C(=O)O)c1OC. The van der Waals surface area contributed by atoms with Crippen LogP contribution in [-0.4, -0.2) is 42.5 Å². The Balaban J connectivity index is 2.28. The van der Waals surface area contributed by atoms with Crippen LogP contribution >= 0.6 is 0 Å². The highest BCUT2D eigenvalue weighted by atomic mass is 16.5. The van der Waals surface area contributed by atoms with Gasteiger partial charge in [0.1, 0.15) is 11.3 Å². The van der Waals surface area contributed by atoms with E-state index < -0.39 is 11.9 Å². The van der Waals surface area contributed by atoms with Gasteiger partial charge in [-0.05, 0) is 24.3 Å². The van der Waals surface area contributed by atoms with Crippen molar-refractivity contribution in [1.29, 1.82) is 0 Å². The molecular weight excluding hydrogens is 328 g/mol. The van der Waals surface area contributed by atoms with Crippen molar-refractivity contribution in [2.45, 2.75) is 0 Å². The molecule has 0 saturated heterocycles. The van der Waals surface area contributed by atoms with E-state index in [0.717, 1.165) is 0 Å². The molecule has 8 heteroatoms. The summed E-state index contributed by atoms with van der Waals surface area (Å²) in [5.41, 5.74) is 2.33. The number of aromatic hydroxyl groups is 1. The van der Waals surface area contributed by atoms with Crippen LogP contribution in [-0.2, 0) is 0 Å². The van der Waals surface area contributed by atoms with Crippen molar-refractivity contribution in [2.24, 2.45) is 5.10 Å². The van der Waals surface area contributed by atoms with Crippen LogP contribution in [0.2, 0.25) is 0 Å². The summed E-state index contributed by atoms with van der Waals surface area (Å²) >= 11 is 0. The van der Waals surface area contributed by atoms with Crippen LogP contribution in [0.4, 0.5) is 0 Å². The number of para-hydroxylation sites is 1. The summed E-state index contributed by atoms with van der Waals surface area (Å²) < 4.78 is 10.2. The van der Waals surface area contributed by atoms with Gasteiger partial charge in [0.25, 0.3) is 5.91 Å². The number of nitrogens with one attached hydrogen (secondary N) is 1. The summed E-state index contributed by atoms with van der Waals surface area (Å²) in [6.07, 6.45) is 1.17. The molecule has 1 amide bonds. The number of hydrogen-bond acceptors (Lipinski definition) is 6. The molecular formula is C17H16N2O6. The van der Waals surface area contributed by atoms with E-state index >= 15 is 0 Å². The number of hydrazone groups is 1. The second-order valence-corrected chi connectivity index (χ2v) is 4.79. The highest BCUT2D eigenvalue weighted by Crippen LogP contribution is 2.32. The summed E-state index contributed by atoms with van der Waals surface area (Å²) in [4.78, 5) is 23.5. The maximum absolute atomic E-state index is 12.0. The molecule has 2 aromatic carbocycles. The van der Waals surface area contributed by atoms with Crippen molar-refractivity contribution >= 4 is 18.1 Å². The monoisotopic (exact) mass is 344 g/mol. The molecule has 0 atom stereocenters. The molecule has 0 aromatic heterocycles. The van der Waals surface area contributed by atoms with Crippen LogP contribution in [0.3, 0.4) is 0 Å². The number of rotatable bonds is 6. The van der Waals surface area contributed by atoms with Gasteiger partial charge in [0, 0.05) is 5.56 Å². The molecule has 0 heterocycles. The molecule has 2 aromatic rings. The summed E-state index contributed by atoms with van der Waals surface area (Å²) in [6.45, 7) is 0. The molecule has 25 heavy (non-hydrogen) atoms. The van der Waals surface area contributed by atoms with E-state index in [2.05, 4.69) is 10.5 Å². The molecule has 0 aliphatic carbocycles. The van der Waals surface area contributed by atoms with E-state index in [9.17, 15) is 19.8 Å². The van der Waals surface area contributed by atoms with Crippen molar-refractivity contribution in [3.05, 3.63) is 53.1 Å². The molecule has 0 aliphatic heterocycles. The lowest BCUT2D eigenvalue weighted by atomic mass is 10.1. The van der Waals surface area contributed by atoms with E-state index in [-0.39, 0.29) is 33.9 Å². The number of ether oxygens (including phenoxy) is 2. The van der Waals surface area contributed by atoms with E-state index in [0.29, 0.717) is 0 Å². The lowest BCUT2D eigenvalue weighted by Crippen LogP contribution is -2.18. The van der Waals surface area contributed by atoms with Gasteiger partial charge in [0.2, 0.25) is 0 Å². The summed E-state index contributed by atoms with van der Waals surface area (Å²) in [5.74, 6) is -1.75. The Labute approximate surface area is 143 Å². The maximum atomic E-state index is 12.0. The zero-order chi connectivity index (χ0) is 18.4. The Morgan fingerprint density at radius 2 is 1.84 bits per heavy atom. The fraction of sp³-hybridized carbons (Fsp3) is 0.118. The molecule has 3 N–H and O–H groups in total. The normalized spacial score (nSPS) is 10.5. The van der Waals surface area contributed by atoms with Crippen molar-refractivity contribution in [1.82, 2.24) is 5.43 Å². The fourth-order valence-corrected chi connectivity index (χ4v) is 2.16. The Morgan fingerprint density at radius 3 is 2.44 bits per heavy atom. The standard InChI is InChI=1S/C17H16N2O6/c1-24-13-8-7-10(14(17(22)23)15(13)25-2)9-18-19-16(21)11-5-3-4-6-12(11)20/h3-9,20H,1-2H3,(H,19,21)(H,22,23)/b18-9+. The molecule has 2 rings (SSSR count). The minimum Gasteiger partial charge on any atom is -0.507 e. The topological polar surface area (TPSA) is 117 Å². The average Bonchev–Trinajstić information content (AvgIpc) is 2.60. The number of methoxy groups -OCH3 is 2. The number of carboxylic acid groups (broad SMARTS) is 1. The van der Waals surface area contributed by atoms with Gasteiger partial charge in [-0.25, -0.2) is 10.2 Å². The largest absolute Gasteiger partial charge is 0.507 e. The third-order valence-corrected chi connectivity index (χ3v) is 3.31. The van der Waals surface area contributed by atoms with E-state index in [1.54, 1.807) is 12.1 Å². The first-order chi connectivity index (χ1) is 12.0. The minimum atomic E-state index is -1.23. The smallest absolute Gasteiger partial charge is 0.340 e. The predicted octanol–water partition coefficient (Wildman–Crippen LogP) is 1.87. The molecule has 8 nitrogen and oxygen atoms in total. The Bertz CT molecular complexity index is 832. The number of benzene rings is 2. The van der Waals surface area contributed by atoms with E-state index in [1.165, 1.54) is 44.7 Å². The summed E-state index contributed by atoms with van der Waals surface area (Å²) in [6, 6.07) is 8.97. The third kappa shape index (κ3) is 3.86. The second-order valence-electron chi connectivity index (χ2n) is 4.79. The Morgan fingerprint density at radius 1 is 1.12 bits per heavy atom. The molecule has 130 valence electrons. The van der Waals surface area contributed by atoms with Gasteiger partial charge >= 0.3 is 5.97 Å². The number of nitrogens with zero attached hydrogens (tertiary/aromatic N) is 1. The number of aromatic carboxylic acids is 1. The van der Waals surface area contributed by atoms with Gasteiger partial charge in [0.05, 0.1) is 26.0 Å². The Kier molecular flexibility index (Phi) is 5.57. The van der Waals surface area contributed by atoms with Gasteiger partial charge in [-0.3, -0.25) is 4.79 Å². The van der Waals surface area contributed by atoms with E-state index in [4.69, 9.17) is 9.47 Å². The first-order valence-electron chi connectivity index (χ1n) is 7.09. The summed E-state index contributed by atoms with van der Waals surface area (Å²) in [5, 5.41) is 22.8. The molecule has 0 bridgehead atoms. The van der Waals surface area contributed by atoms with Crippen molar-refractivity contribution in [3.63, 3.8) is 0 Å². The molecule has 0 unspecified atom stereocenters. The van der Waals surface area contributed by atoms with Crippen molar-refractivity contribution in [2.75, 3.05) is 14.2 Å². The third-order valence-electron chi connectivity index (χ3n) is 3.31. The molecule has 0 radical (unpaired) electrons. The predicted molar refractivity (Wildman–Crippen MR) is 89.7 cm³/mol. The van der Waals surface area contributed by atoms with Crippen LogP contribution in [0.25, 0.3) is 0 Å². The average molecular weight is 344 g/mol. The number of phenols is 1. The number of carbonyl (C=O) groups is 2. The van der Waals surface area contributed by atoms with Crippen molar-refractivity contribution in [3.8, 4) is 17.2 Å². The minimum absolute atomic E-state index is 0.0467. The van der Waals surface area contributed by atoms with Gasteiger partial charge in [-0.2, -0.15) is 5.10 Å². The highest BCUT2D eigenvalue weighted by molar-refractivity contribution is 6.02. The van der Waals surface area contributed by atoms with Crippen LogP contribution in [0.15, 0.2) is 41.5 Å². The fourth-order valence-electron chi connectivity index (χ4n) is 2.16. The summed E-state index contributed by atoms with van der Waals surface area (Å²) in [7, 11) is 2.72. The lowest BCUT2D eigenvalue weighted by molar-refractivity contribution is 0.0692. The van der Waals surface area contributed by atoms with Gasteiger partial charge in [-0.1, -0.05) is 12.1 Å². The van der Waals surface area contributed by atoms with Crippen LogP contribution < -0.4 is 14.9 Å².